The first-order chi connectivity index (χ1) is 9.70. The fraction of sp³-hybridized carbons (Fsp3) is 0.579. The third kappa shape index (κ3) is 4.14. The summed E-state index contributed by atoms with van der Waals surface area (Å²) in [6.45, 7) is 18.1. The highest BCUT2D eigenvalue weighted by molar-refractivity contribution is 6.90. The maximum absolute atomic E-state index is 5.75. The number of rotatable bonds is 4. The van der Waals surface area contributed by atoms with Gasteiger partial charge >= 0.3 is 0 Å². The van der Waals surface area contributed by atoms with E-state index in [4.69, 9.17) is 4.74 Å². The molecule has 21 heavy (non-hydrogen) atoms. The summed E-state index contributed by atoms with van der Waals surface area (Å²) >= 11 is 0. The highest BCUT2D eigenvalue weighted by Gasteiger charge is 2.42. The lowest BCUT2D eigenvalue weighted by Crippen LogP contribution is -2.43. The summed E-state index contributed by atoms with van der Waals surface area (Å²) in [5, 5.41) is 0. The van der Waals surface area contributed by atoms with Crippen LogP contribution in [0.5, 0.6) is 5.75 Å². The van der Waals surface area contributed by atoms with E-state index in [1.54, 1.807) is 0 Å². The number of benzene rings is 1. The van der Waals surface area contributed by atoms with Crippen LogP contribution in [0.25, 0.3) is 0 Å². The Morgan fingerprint density at radius 2 is 1.24 bits per heavy atom. The molecule has 0 spiro atoms. The Morgan fingerprint density at radius 3 is 1.62 bits per heavy atom. The lowest BCUT2D eigenvalue weighted by atomic mass is 10.1. The van der Waals surface area contributed by atoms with Crippen LogP contribution in [0, 0.1) is 25.5 Å². The van der Waals surface area contributed by atoms with Crippen molar-refractivity contribution in [1.29, 1.82) is 0 Å². The van der Waals surface area contributed by atoms with Crippen LogP contribution in [0.4, 0.5) is 0 Å². The molecule has 2 heteroatoms. The van der Waals surface area contributed by atoms with Crippen LogP contribution < -0.4 is 4.74 Å². The first-order valence-electron chi connectivity index (χ1n) is 7.97. The van der Waals surface area contributed by atoms with E-state index in [9.17, 15) is 0 Å². The second-order valence-corrected chi connectivity index (χ2v) is 12.6. The third-order valence-corrected chi connectivity index (χ3v) is 10.8. The summed E-state index contributed by atoms with van der Waals surface area (Å²) in [5.74, 6) is 0.860. The average molecular weight is 303 g/mol. The van der Waals surface area contributed by atoms with E-state index in [1.165, 1.54) is 11.1 Å². The van der Waals surface area contributed by atoms with E-state index in [0.717, 1.165) is 5.75 Å². The van der Waals surface area contributed by atoms with E-state index in [2.05, 4.69) is 73.1 Å². The van der Waals surface area contributed by atoms with Crippen LogP contribution in [-0.4, -0.2) is 8.07 Å². The van der Waals surface area contributed by atoms with Gasteiger partial charge in [0.25, 0.3) is 0 Å². The lowest BCUT2D eigenvalue weighted by molar-refractivity contribution is 0.519. The van der Waals surface area contributed by atoms with Crippen molar-refractivity contribution in [2.45, 2.75) is 72.0 Å². The summed E-state index contributed by atoms with van der Waals surface area (Å²) in [6, 6.07) is 6.24. The largest absolute Gasteiger partial charge is 0.408 e. The molecule has 1 aromatic rings. The second kappa shape index (κ2) is 7.18. The van der Waals surface area contributed by atoms with Gasteiger partial charge in [-0.2, -0.15) is 0 Å². The summed E-state index contributed by atoms with van der Waals surface area (Å²) in [5.41, 5.74) is 7.91. The maximum atomic E-state index is 5.75. The van der Waals surface area contributed by atoms with Crippen molar-refractivity contribution in [2.24, 2.45) is 0 Å². The van der Waals surface area contributed by atoms with Crippen molar-refractivity contribution in [1.82, 2.24) is 0 Å². The fourth-order valence-electron chi connectivity index (χ4n) is 3.60. The molecule has 1 aromatic carbocycles. The molecule has 0 unspecified atom stereocenters. The third-order valence-electron chi connectivity index (χ3n) is 4.50. The molecule has 0 saturated heterocycles. The molecule has 0 radical (unpaired) electrons. The zero-order chi connectivity index (χ0) is 16.2. The monoisotopic (exact) mass is 302 g/mol. The van der Waals surface area contributed by atoms with Gasteiger partial charge in [0.15, 0.2) is 8.07 Å². The van der Waals surface area contributed by atoms with Crippen LogP contribution in [0.3, 0.4) is 0 Å². The van der Waals surface area contributed by atoms with Crippen LogP contribution in [0.15, 0.2) is 18.2 Å². The lowest BCUT2D eigenvalue weighted by Gasteiger charge is -2.37. The van der Waals surface area contributed by atoms with Crippen molar-refractivity contribution in [3.63, 3.8) is 0 Å². The van der Waals surface area contributed by atoms with Crippen molar-refractivity contribution in [3.05, 3.63) is 29.3 Å². The van der Waals surface area contributed by atoms with E-state index >= 15 is 0 Å². The van der Waals surface area contributed by atoms with Gasteiger partial charge < -0.3 is 4.74 Å². The van der Waals surface area contributed by atoms with E-state index in [-0.39, 0.29) is 0 Å². The minimum atomic E-state index is -1.69. The summed E-state index contributed by atoms with van der Waals surface area (Å²) in [6.07, 6.45) is 3.05. The normalized spacial score (nSPS) is 11.8. The van der Waals surface area contributed by atoms with Crippen LogP contribution >= 0.6 is 0 Å². The summed E-state index contributed by atoms with van der Waals surface area (Å²) in [7, 11) is -1.69. The quantitative estimate of drug-likeness (QED) is 0.500. The molecule has 0 fully saturated rings. The molecule has 0 bridgehead atoms. The molecule has 0 saturated carbocycles. The van der Waals surface area contributed by atoms with Crippen LogP contribution in [0.1, 0.15) is 52.7 Å². The first-order valence-corrected chi connectivity index (χ1v) is 10.2. The Labute approximate surface area is 132 Å². The topological polar surface area (TPSA) is 9.23 Å². The number of aryl methyl sites for hydroxylation is 2. The molecule has 116 valence electrons. The first kappa shape index (κ1) is 17.8. The van der Waals surface area contributed by atoms with Crippen LogP contribution in [0.2, 0.25) is 16.6 Å². The van der Waals surface area contributed by atoms with Gasteiger partial charge in [-0.25, -0.2) is 0 Å². The zero-order valence-corrected chi connectivity index (χ0v) is 15.9. The van der Waals surface area contributed by atoms with Crippen molar-refractivity contribution in [2.75, 3.05) is 0 Å². The Bertz CT molecular complexity index is 490. The fourth-order valence-corrected chi connectivity index (χ4v) is 8.69. The number of hydrogen-bond donors (Lipinski definition) is 0. The second-order valence-electron chi connectivity index (χ2n) is 7.05. The van der Waals surface area contributed by atoms with Crippen molar-refractivity contribution >= 4 is 8.07 Å². The smallest absolute Gasteiger partial charge is 0.150 e. The molecule has 0 aliphatic rings. The standard InChI is InChI=1S/C19H30OSi/c1-14(2)21(15(3)4,16(5)6)10-9-20-19-12-17(7)11-18(8)13-19/h11-16H,1-8H3. The van der Waals surface area contributed by atoms with Crippen molar-refractivity contribution in [3.8, 4) is 17.4 Å². The molecule has 0 heterocycles. The van der Waals surface area contributed by atoms with Gasteiger partial charge in [0.2, 0.25) is 0 Å². The maximum Gasteiger partial charge on any atom is 0.150 e. The molecule has 0 aromatic heterocycles. The minimum absolute atomic E-state index is 0.632. The molecule has 1 rings (SSSR count). The van der Waals surface area contributed by atoms with Gasteiger partial charge in [-0.05, 0) is 53.7 Å². The summed E-state index contributed by atoms with van der Waals surface area (Å²) in [4.78, 5) is 0. The molecular formula is C19H30OSi. The SMILES string of the molecule is Cc1cc(C)cc(OC#C[Si](C(C)C)(C(C)C)C(C)C)c1. The van der Waals surface area contributed by atoms with Gasteiger partial charge in [0.05, 0.1) is 0 Å². The molecule has 0 aliphatic heterocycles. The Hall–Kier alpha value is -1.20. The van der Waals surface area contributed by atoms with Crippen molar-refractivity contribution < 1.29 is 4.74 Å². The predicted molar refractivity (Wildman–Crippen MR) is 95.4 cm³/mol. The Kier molecular flexibility index (Phi) is 6.10. The molecule has 1 nitrogen and oxygen atoms in total. The molecule has 0 atom stereocenters. The number of ether oxygens (including phenoxy) is 1. The van der Waals surface area contributed by atoms with Gasteiger partial charge in [-0.3, -0.25) is 0 Å². The Morgan fingerprint density at radius 1 is 0.810 bits per heavy atom. The van der Waals surface area contributed by atoms with Gasteiger partial charge in [0.1, 0.15) is 11.9 Å². The Balaban J connectivity index is 3.06. The minimum Gasteiger partial charge on any atom is -0.408 e. The molecule has 0 aliphatic carbocycles. The van der Waals surface area contributed by atoms with Crippen LogP contribution in [-0.2, 0) is 0 Å². The zero-order valence-electron chi connectivity index (χ0n) is 14.9. The number of hydrogen-bond acceptors (Lipinski definition) is 1. The van der Waals surface area contributed by atoms with E-state index < -0.39 is 8.07 Å². The average Bonchev–Trinajstić information content (AvgIpc) is 2.31. The molecular weight excluding hydrogens is 272 g/mol. The molecule has 0 N–H and O–H groups in total. The van der Waals surface area contributed by atoms with Gasteiger partial charge in [0, 0.05) is 0 Å². The van der Waals surface area contributed by atoms with Gasteiger partial charge in [-0.15, -0.1) is 0 Å². The van der Waals surface area contributed by atoms with Gasteiger partial charge in [-0.1, -0.05) is 53.2 Å². The molecule has 0 amide bonds. The highest BCUT2D eigenvalue weighted by Crippen LogP contribution is 2.40. The highest BCUT2D eigenvalue weighted by atomic mass is 28.3. The van der Waals surface area contributed by atoms with E-state index in [0.29, 0.717) is 16.6 Å². The predicted octanol–water partition coefficient (Wildman–Crippen LogP) is 5.86. The summed E-state index contributed by atoms with van der Waals surface area (Å²) < 4.78 is 5.75. The van der Waals surface area contributed by atoms with E-state index in [1.807, 2.05) is 12.1 Å².